The molecule has 0 saturated heterocycles. The number of carbonyl (C=O) groups excluding carboxylic acids is 4. The monoisotopic (exact) mass is 478 g/mol. The Hall–Kier alpha value is -3.10. The highest BCUT2D eigenvalue weighted by molar-refractivity contribution is 5.90. The molecule has 0 spiro atoms. The summed E-state index contributed by atoms with van der Waals surface area (Å²) in [5, 5.41) is 2.48. The highest BCUT2D eigenvalue weighted by Crippen LogP contribution is 2.21. The second-order valence-corrected chi connectivity index (χ2v) is 10.4. The maximum Gasteiger partial charge on any atom is 0.431 e. The van der Waals surface area contributed by atoms with Crippen LogP contribution in [-0.2, 0) is 30.3 Å². The first-order chi connectivity index (χ1) is 15.6. The van der Waals surface area contributed by atoms with Crippen molar-refractivity contribution in [2.45, 2.75) is 91.9 Å². The van der Waals surface area contributed by atoms with Crippen molar-refractivity contribution in [2.75, 3.05) is 0 Å². The van der Waals surface area contributed by atoms with Gasteiger partial charge in [-0.15, -0.1) is 0 Å². The largest absolute Gasteiger partial charge is 0.460 e. The van der Waals surface area contributed by atoms with Gasteiger partial charge in [0.1, 0.15) is 11.2 Å². The van der Waals surface area contributed by atoms with Gasteiger partial charge in [-0.25, -0.2) is 9.59 Å². The van der Waals surface area contributed by atoms with Crippen LogP contribution in [0.15, 0.2) is 24.3 Å². The van der Waals surface area contributed by atoms with Crippen LogP contribution in [0.2, 0.25) is 0 Å². The molecule has 0 aromatic heterocycles. The molecule has 9 heteroatoms. The van der Waals surface area contributed by atoms with Crippen molar-refractivity contribution in [1.29, 1.82) is 0 Å². The lowest BCUT2D eigenvalue weighted by molar-refractivity contribution is -0.160. The average molecular weight is 479 g/mol. The van der Waals surface area contributed by atoms with Crippen LogP contribution in [0.3, 0.4) is 0 Å². The molecule has 1 aromatic rings. The van der Waals surface area contributed by atoms with Gasteiger partial charge in [-0.2, -0.15) is 5.48 Å². The van der Waals surface area contributed by atoms with Crippen LogP contribution in [0, 0.1) is 5.92 Å². The first-order valence-electron chi connectivity index (χ1n) is 11.4. The van der Waals surface area contributed by atoms with Gasteiger partial charge < -0.3 is 19.6 Å². The predicted octanol–water partition coefficient (Wildman–Crippen LogP) is 4.09. The molecule has 0 bridgehead atoms. The van der Waals surface area contributed by atoms with Crippen LogP contribution in [0.25, 0.3) is 0 Å². The van der Waals surface area contributed by atoms with Gasteiger partial charge in [-0.1, -0.05) is 12.1 Å². The molecular formula is C25H38N2O7. The van der Waals surface area contributed by atoms with Gasteiger partial charge in [0.05, 0.1) is 11.5 Å². The third kappa shape index (κ3) is 12.2. The van der Waals surface area contributed by atoms with E-state index in [1.54, 1.807) is 79.7 Å². The molecule has 9 nitrogen and oxygen atoms in total. The lowest BCUT2D eigenvalue weighted by atomic mass is 9.93. The fourth-order valence-corrected chi connectivity index (χ4v) is 2.86. The lowest BCUT2D eigenvalue weighted by Gasteiger charge is -2.24. The second kappa shape index (κ2) is 12.4. The Kier molecular flexibility index (Phi) is 10.5. The summed E-state index contributed by atoms with van der Waals surface area (Å²) in [5.74, 6) is -2.11. The summed E-state index contributed by atoms with van der Waals surface area (Å²) in [6.07, 6.45) is -0.420. The van der Waals surface area contributed by atoms with E-state index in [4.69, 9.17) is 9.47 Å². The van der Waals surface area contributed by atoms with Crippen LogP contribution < -0.4 is 10.8 Å². The Balaban J connectivity index is 2.88. The number of ether oxygens (including phenoxy) is 2. The summed E-state index contributed by atoms with van der Waals surface area (Å²) in [6, 6.07) is 6.69. The zero-order chi connectivity index (χ0) is 26.1. The fraction of sp³-hybridized carbons (Fsp3) is 0.600. The van der Waals surface area contributed by atoms with E-state index in [-0.39, 0.29) is 25.3 Å². The van der Waals surface area contributed by atoms with E-state index in [2.05, 4.69) is 15.6 Å². The molecule has 2 amide bonds. The quantitative estimate of drug-likeness (QED) is 0.328. The first kappa shape index (κ1) is 28.9. The molecule has 190 valence electrons. The van der Waals surface area contributed by atoms with Gasteiger partial charge in [0.25, 0.3) is 5.91 Å². The maximum atomic E-state index is 12.8. The van der Waals surface area contributed by atoms with Crippen LogP contribution in [0.4, 0.5) is 4.79 Å². The van der Waals surface area contributed by atoms with E-state index in [1.165, 1.54) is 0 Å². The normalized spacial score (nSPS) is 12.5. The van der Waals surface area contributed by atoms with Crippen LogP contribution in [0.1, 0.15) is 84.2 Å². The standard InChI is InChI=1S/C25H38N2O7/c1-16(2)26-23(31)34-27-20(28)13-12-19(22(30)33-25(6,7)8)15-17-10-9-11-18(14-17)21(29)32-24(3,4)5/h9-11,14,16,19H,12-13,15H2,1-8H3,(H,26,31)(H,27,28). The molecule has 0 aliphatic rings. The smallest absolute Gasteiger partial charge is 0.431 e. The number of benzene rings is 1. The molecule has 0 heterocycles. The van der Waals surface area contributed by atoms with Gasteiger partial charge >= 0.3 is 18.0 Å². The van der Waals surface area contributed by atoms with Gasteiger partial charge in [0.15, 0.2) is 0 Å². The number of hydrogen-bond acceptors (Lipinski definition) is 7. The molecule has 0 aliphatic carbocycles. The summed E-state index contributed by atoms with van der Waals surface area (Å²) in [4.78, 5) is 53.6. The topological polar surface area (TPSA) is 120 Å². The number of rotatable bonds is 8. The van der Waals surface area contributed by atoms with Crippen LogP contribution in [-0.4, -0.2) is 41.2 Å². The molecule has 0 saturated carbocycles. The number of nitrogens with one attached hydrogen (secondary N) is 2. The fourth-order valence-electron chi connectivity index (χ4n) is 2.86. The van der Waals surface area contributed by atoms with Crippen molar-refractivity contribution in [3.05, 3.63) is 35.4 Å². The van der Waals surface area contributed by atoms with Crippen molar-refractivity contribution in [3.63, 3.8) is 0 Å². The zero-order valence-electron chi connectivity index (χ0n) is 21.4. The van der Waals surface area contributed by atoms with Crippen LogP contribution >= 0.6 is 0 Å². The second-order valence-electron chi connectivity index (χ2n) is 10.4. The Morgan fingerprint density at radius 2 is 1.56 bits per heavy atom. The first-order valence-corrected chi connectivity index (χ1v) is 11.4. The van der Waals surface area contributed by atoms with Gasteiger partial charge in [0, 0.05) is 12.5 Å². The zero-order valence-corrected chi connectivity index (χ0v) is 21.4. The van der Waals surface area contributed by atoms with Crippen molar-refractivity contribution in [2.24, 2.45) is 5.92 Å². The Morgan fingerprint density at radius 3 is 2.12 bits per heavy atom. The Morgan fingerprint density at radius 1 is 0.941 bits per heavy atom. The van der Waals surface area contributed by atoms with Crippen LogP contribution in [0.5, 0.6) is 0 Å². The molecule has 0 aliphatic heterocycles. The minimum Gasteiger partial charge on any atom is -0.460 e. The molecule has 1 unspecified atom stereocenters. The van der Waals surface area contributed by atoms with Gasteiger partial charge in [-0.05, 0) is 85.9 Å². The molecule has 1 rings (SSSR count). The molecular weight excluding hydrogens is 440 g/mol. The summed E-state index contributed by atoms with van der Waals surface area (Å²) >= 11 is 0. The highest BCUT2D eigenvalue weighted by atomic mass is 16.7. The molecule has 0 fully saturated rings. The minimum atomic E-state index is -0.772. The molecule has 1 atom stereocenters. The van der Waals surface area contributed by atoms with Crippen molar-refractivity contribution >= 4 is 23.9 Å². The Bertz CT molecular complexity index is 867. The van der Waals surface area contributed by atoms with E-state index < -0.39 is 41.1 Å². The molecule has 2 N–H and O–H groups in total. The molecule has 0 radical (unpaired) electrons. The maximum absolute atomic E-state index is 12.8. The van der Waals surface area contributed by atoms with E-state index in [0.29, 0.717) is 5.56 Å². The Labute approximate surface area is 201 Å². The van der Waals surface area contributed by atoms with E-state index in [9.17, 15) is 19.2 Å². The summed E-state index contributed by atoms with van der Waals surface area (Å²) < 4.78 is 10.9. The number of hydroxylamine groups is 1. The van der Waals surface area contributed by atoms with Crippen molar-refractivity contribution < 1.29 is 33.5 Å². The summed E-state index contributed by atoms with van der Waals surface area (Å²) in [6.45, 7) is 14.2. The third-order valence-electron chi connectivity index (χ3n) is 4.17. The average Bonchev–Trinajstić information content (AvgIpc) is 2.66. The predicted molar refractivity (Wildman–Crippen MR) is 127 cm³/mol. The highest BCUT2D eigenvalue weighted by Gasteiger charge is 2.27. The number of carbonyl (C=O) groups is 4. The SMILES string of the molecule is CC(C)NC(=O)ONC(=O)CCC(Cc1cccc(C(=O)OC(C)(C)C)c1)C(=O)OC(C)(C)C. The van der Waals surface area contributed by atoms with Crippen molar-refractivity contribution in [1.82, 2.24) is 10.8 Å². The number of hydrogen-bond donors (Lipinski definition) is 2. The van der Waals surface area contributed by atoms with E-state index >= 15 is 0 Å². The van der Waals surface area contributed by atoms with E-state index in [0.717, 1.165) is 5.56 Å². The number of esters is 2. The minimum absolute atomic E-state index is 0.0649. The number of amides is 2. The third-order valence-corrected chi connectivity index (χ3v) is 4.17. The van der Waals surface area contributed by atoms with Crippen molar-refractivity contribution in [3.8, 4) is 0 Å². The van der Waals surface area contributed by atoms with E-state index in [1.807, 2.05) is 0 Å². The summed E-state index contributed by atoms with van der Waals surface area (Å²) in [7, 11) is 0. The molecule has 34 heavy (non-hydrogen) atoms. The lowest BCUT2D eigenvalue weighted by Crippen LogP contribution is -2.37. The molecule has 1 aromatic carbocycles. The van der Waals surface area contributed by atoms with Gasteiger partial charge in [-0.3, -0.25) is 9.59 Å². The van der Waals surface area contributed by atoms with Gasteiger partial charge in [0.2, 0.25) is 0 Å². The summed E-state index contributed by atoms with van der Waals surface area (Å²) in [5.41, 5.74) is 1.85.